The largest absolute Gasteiger partial charge is 0.389 e. The molecule has 0 radical (unpaired) electrons. The van der Waals surface area contributed by atoms with Gasteiger partial charge in [0.05, 0.1) is 0 Å². The first-order valence-electron chi connectivity index (χ1n) is 6.73. The zero-order valence-electron chi connectivity index (χ0n) is 11.4. The minimum atomic E-state index is -0.0295. The molecule has 1 amide bonds. The predicted molar refractivity (Wildman–Crippen MR) is 87.3 cm³/mol. The first-order chi connectivity index (χ1) is 10.1. The van der Waals surface area contributed by atoms with E-state index in [2.05, 4.69) is 16.4 Å². The van der Waals surface area contributed by atoms with Crippen LogP contribution < -0.4 is 5.73 Å². The molecular formula is C15H15N3OS2. The third-order valence-corrected chi connectivity index (χ3v) is 4.42. The number of carbonyl (C=O) groups is 1. The Kier molecular flexibility index (Phi) is 3.98. The van der Waals surface area contributed by atoms with Crippen LogP contribution in [0, 0.1) is 0 Å². The molecule has 108 valence electrons. The molecule has 1 aliphatic rings. The van der Waals surface area contributed by atoms with Crippen LogP contribution >= 0.6 is 23.6 Å². The van der Waals surface area contributed by atoms with E-state index < -0.39 is 0 Å². The number of thiophene rings is 1. The highest BCUT2D eigenvalue weighted by atomic mass is 32.1. The molecule has 6 heteroatoms. The molecule has 0 saturated heterocycles. The third kappa shape index (κ3) is 3.28. The molecule has 0 spiro atoms. The van der Waals surface area contributed by atoms with Gasteiger partial charge in [0.1, 0.15) is 10.7 Å². The van der Waals surface area contributed by atoms with Gasteiger partial charge < -0.3 is 10.6 Å². The third-order valence-electron chi connectivity index (χ3n) is 3.45. The number of carbonyl (C=O) groups excluding carboxylic acids is 1. The Bertz CT molecular complexity index is 648. The van der Waals surface area contributed by atoms with Crippen molar-refractivity contribution in [1.29, 1.82) is 0 Å². The van der Waals surface area contributed by atoms with Crippen LogP contribution in [0.4, 0.5) is 0 Å². The summed E-state index contributed by atoms with van der Waals surface area (Å²) in [5.41, 5.74) is 7.83. The summed E-state index contributed by atoms with van der Waals surface area (Å²) < 4.78 is 0. The minimum absolute atomic E-state index is 0.0295. The van der Waals surface area contributed by atoms with Crippen LogP contribution in [0.2, 0.25) is 0 Å². The van der Waals surface area contributed by atoms with Crippen molar-refractivity contribution in [3.8, 4) is 0 Å². The van der Waals surface area contributed by atoms with Gasteiger partial charge in [-0.3, -0.25) is 9.78 Å². The summed E-state index contributed by atoms with van der Waals surface area (Å²) in [6.45, 7) is 0.645. The van der Waals surface area contributed by atoms with Crippen LogP contribution in [-0.2, 0) is 6.54 Å². The molecular weight excluding hydrogens is 302 g/mol. The van der Waals surface area contributed by atoms with Crippen LogP contribution in [0.5, 0.6) is 0 Å². The fourth-order valence-electron chi connectivity index (χ4n) is 2.15. The van der Waals surface area contributed by atoms with Crippen molar-refractivity contribution < 1.29 is 4.79 Å². The van der Waals surface area contributed by atoms with Crippen LogP contribution in [0.3, 0.4) is 0 Å². The lowest BCUT2D eigenvalue weighted by molar-refractivity contribution is 0.0724. The second-order valence-electron chi connectivity index (χ2n) is 5.09. The van der Waals surface area contributed by atoms with Crippen LogP contribution in [0.1, 0.15) is 34.5 Å². The average molecular weight is 317 g/mol. The highest BCUT2D eigenvalue weighted by molar-refractivity contribution is 7.80. The minimum Gasteiger partial charge on any atom is -0.389 e. The van der Waals surface area contributed by atoms with Crippen molar-refractivity contribution in [1.82, 2.24) is 9.88 Å². The van der Waals surface area contributed by atoms with Gasteiger partial charge in [-0.05, 0) is 47.4 Å². The Morgan fingerprint density at radius 1 is 1.43 bits per heavy atom. The number of aromatic nitrogens is 1. The molecule has 0 bridgehead atoms. The van der Waals surface area contributed by atoms with Gasteiger partial charge in [-0.2, -0.15) is 11.3 Å². The van der Waals surface area contributed by atoms with Gasteiger partial charge in [-0.25, -0.2) is 0 Å². The van der Waals surface area contributed by atoms with E-state index in [9.17, 15) is 4.79 Å². The number of amides is 1. The molecule has 2 aromatic rings. The van der Waals surface area contributed by atoms with Crippen molar-refractivity contribution in [3.05, 3.63) is 52.0 Å². The number of hydrogen-bond donors (Lipinski definition) is 1. The molecule has 1 aliphatic carbocycles. The van der Waals surface area contributed by atoms with E-state index in [0.717, 1.165) is 12.8 Å². The SMILES string of the molecule is NC(=S)c1ccc(C(=O)N(Cc2ccsc2)C2CC2)nc1. The zero-order chi connectivity index (χ0) is 14.8. The normalized spacial score (nSPS) is 13.9. The standard InChI is InChI=1S/C15H15N3OS2/c16-14(20)11-1-4-13(17-7-11)15(19)18(12-2-3-12)8-10-5-6-21-9-10/h1,4-7,9,12H,2-3,8H2,(H2,16,20). The van der Waals surface area contributed by atoms with E-state index in [0.29, 0.717) is 28.8 Å². The molecule has 1 saturated carbocycles. The highest BCUT2D eigenvalue weighted by Gasteiger charge is 2.33. The van der Waals surface area contributed by atoms with E-state index in [1.165, 1.54) is 5.56 Å². The number of rotatable bonds is 5. The maximum atomic E-state index is 12.6. The fraction of sp³-hybridized carbons (Fsp3) is 0.267. The Labute approximate surface area is 132 Å². The quantitative estimate of drug-likeness (QED) is 0.861. The van der Waals surface area contributed by atoms with Gasteiger partial charge in [0, 0.05) is 24.3 Å². The molecule has 1 fully saturated rings. The van der Waals surface area contributed by atoms with Gasteiger partial charge in [-0.1, -0.05) is 12.2 Å². The summed E-state index contributed by atoms with van der Waals surface area (Å²) >= 11 is 6.54. The number of pyridine rings is 1. The van der Waals surface area contributed by atoms with Gasteiger partial charge in [0.15, 0.2) is 0 Å². The maximum Gasteiger partial charge on any atom is 0.272 e. The summed E-state index contributed by atoms with van der Waals surface area (Å²) in [5.74, 6) is -0.0295. The summed E-state index contributed by atoms with van der Waals surface area (Å²) in [7, 11) is 0. The summed E-state index contributed by atoms with van der Waals surface area (Å²) in [6, 6.07) is 5.84. The van der Waals surface area contributed by atoms with E-state index in [1.54, 1.807) is 29.7 Å². The maximum absolute atomic E-state index is 12.6. The van der Waals surface area contributed by atoms with Gasteiger partial charge in [0.2, 0.25) is 0 Å². The molecule has 0 aliphatic heterocycles. The fourth-order valence-corrected chi connectivity index (χ4v) is 2.93. The molecule has 0 aromatic carbocycles. The zero-order valence-corrected chi connectivity index (χ0v) is 13.0. The second kappa shape index (κ2) is 5.91. The number of hydrogen-bond acceptors (Lipinski definition) is 4. The monoisotopic (exact) mass is 317 g/mol. The van der Waals surface area contributed by atoms with Crippen LogP contribution in [0.15, 0.2) is 35.2 Å². The van der Waals surface area contributed by atoms with Crippen molar-refractivity contribution in [2.45, 2.75) is 25.4 Å². The lowest BCUT2D eigenvalue weighted by atomic mass is 10.2. The smallest absolute Gasteiger partial charge is 0.272 e. The van der Waals surface area contributed by atoms with Crippen LogP contribution in [0.25, 0.3) is 0 Å². The Morgan fingerprint density at radius 2 is 2.24 bits per heavy atom. The summed E-state index contributed by atoms with van der Waals surface area (Å²) in [4.78, 5) is 19.0. The van der Waals surface area contributed by atoms with E-state index in [1.807, 2.05) is 10.3 Å². The molecule has 21 heavy (non-hydrogen) atoms. The van der Waals surface area contributed by atoms with E-state index in [-0.39, 0.29) is 5.91 Å². The highest BCUT2D eigenvalue weighted by Crippen LogP contribution is 2.30. The molecule has 3 rings (SSSR count). The molecule has 2 N–H and O–H groups in total. The lowest BCUT2D eigenvalue weighted by Gasteiger charge is -2.21. The van der Waals surface area contributed by atoms with Gasteiger partial charge in [0.25, 0.3) is 5.91 Å². The lowest BCUT2D eigenvalue weighted by Crippen LogP contribution is -2.33. The molecule has 0 unspecified atom stereocenters. The Morgan fingerprint density at radius 3 is 2.76 bits per heavy atom. The number of nitrogens with two attached hydrogens (primary N) is 1. The second-order valence-corrected chi connectivity index (χ2v) is 6.31. The predicted octanol–water partition coefficient (Wildman–Crippen LogP) is 2.58. The van der Waals surface area contributed by atoms with Crippen molar-refractivity contribution in [3.63, 3.8) is 0 Å². The number of nitrogens with zero attached hydrogens (tertiary/aromatic N) is 2. The molecule has 0 atom stereocenters. The van der Waals surface area contributed by atoms with E-state index >= 15 is 0 Å². The first kappa shape index (κ1) is 14.2. The average Bonchev–Trinajstić information content (AvgIpc) is 3.20. The molecule has 4 nitrogen and oxygen atoms in total. The van der Waals surface area contributed by atoms with Gasteiger partial charge in [-0.15, -0.1) is 0 Å². The first-order valence-corrected chi connectivity index (χ1v) is 8.08. The molecule has 2 heterocycles. The van der Waals surface area contributed by atoms with Crippen molar-refractivity contribution in [2.24, 2.45) is 5.73 Å². The number of thiocarbonyl (C=S) groups is 1. The topological polar surface area (TPSA) is 59.2 Å². The summed E-state index contributed by atoms with van der Waals surface area (Å²) in [6.07, 6.45) is 3.70. The summed E-state index contributed by atoms with van der Waals surface area (Å²) in [5, 5.41) is 4.10. The van der Waals surface area contributed by atoms with Gasteiger partial charge >= 0.3 is 0 Å². The molecule has 2 aromatic heterocycles. The Balaban J connectivity index is 1.79. The van der Waals surface area contributed by atoms with Crippen molar-refractivity contribution >= 4 is 34.5 Å². The van der Waals surface area contributed by atoms with Crippen molar-refractivity contribution in [2.75, 3.05) is 0 Å². The van der Waals surface area contributed by atoms with E-state index in [4.69, 9.17) is 18.0 Å². The van der Waals surface area contributed by atoms with Crippen LogP contribution in [-0.4, -0.2) is 26.8 Å². The Hall–Kier alpha value is -1.79.